The smallest absolute Gasteiger partial charge is 0.449 e. The topological polar surface area (TPSA) is 0 Å². The van der Waals surface area contributed by atoms with E-state index in [9.17, 15) is 21.7 Å². The van der Waals surface area contributed by atoms with E-state index in [1.807, 2.05) is 0 Å². The fraction of sp³-hybridized carbons (Fsp3) is 0.333. The summed E-state index contributed by atoms with van der Waals surface area (Å²) in [7, 11) is 0. The molecule has 0 unspecified atom stereocenters. The molecule has 0 heterocycles. The summed E-state index contributed by atoms with van der Waals surface area (Å²) in [6, 6.07) is 2.70. The van der Waals surface area contributed by atoms with Gasteiger partial charge in [0.25, 0.3) is 0 Å². The SMILES string of the molecule is Fc1ccc([C@H]2C[C@@H]2[B-](F)(F)F)c(F)c1.[K+]. The van der Waals surface area contributed by atoms with Crippen LogP contribution in [0.4, 0.5) is 21.7 Å². The van der Waals surface area contributed by atoms with Crippen LogP contribution in [-0.2, 0) is 0 Å². The summed E-state index contributed by atoms with van der Waals surface area (Å²) >= 11 is 0. The van der Waals surface area contributed by atoms with Gasteiger partial charge in [-0.25, -0.2) is 8.78 Å². The van der Waals surface area contributed by atoms with Gasteiger partial charge in [-0.2, -0.15) is 0 Å². The van der Waals surface area contributed by atoms with Gasteiger partial charge in [0.1, 0.15) is 11.6 Å². The first-order valence-electron chi connectivity index (χ1n) is 4.54. The standard InChI is InChI=1S/C9H7BF5.K/c11-5-1-2-6(9(12)3-5)7-4-8(7)10(13,14)15;/h1-3,7-8H,4H2;/q-1;+1/t7-,8+;/m1./s1. The fourth-order valence-corrected chi connectivity index (χ4v) is 1.79. The van der Waals surface area contributed by atoms with Crippen LogP contribution in [-0.4, -0.2) is 6.98 Å². The molecule has 0 saturated heterocycles. The Morgan fingerprint density at radius 1 is 1.12 bits per heavy atom. The molecule has 82 valence electrons. The summed E-state index contributed by atoms with van der Waals surface area (Å²) in [6.07, 6.45) is -0.0773. The van der Waals surface area contributed by atoms with E-state index >= 15 is 0 Å². The van der Waals surface area contributed by atoms with Crippen LogP contribution in [0.1, 0.15) is 17.9 Å². The maximum atomic E-state index is 13.1. The molecule has 0 N–H and O–H groups in total. The van der Waals surface area contributed by atoms with Crippen LogP contribution in [0.3, 0.4) is 0 Å². The van der Waals surface area contributed by atoms with Crippen LogP contribution >= 0.6 is 0 Å². The first-order chi connectivity index (χ1) is 6.89. The minimum Gasteiger partial charge on any atom is -0.449 e. The Morgan fingerprint density at radius 3 is 2.19 bits per heavy atom. The summed E-state index contributed by atoms with van der Waals surface area (Å²) in [4.78, 5) is 0. The van der Waals surface area contributed by atoms with Gasteiger partial charge in [0.15, 0.2) is 0 Å². The molecule has 2 rings (SSSR count). The van der Waals surface area contributed by atoms with Gasteiger partial charge in [-0.15, -0.1) is 0 Å². The Hall–Kier alpha value is 0.571. The molecule has 0 bridgehead atoms. The Kier molecular flexibility index (Phi) is 4.62. The van der Waals surface area contributed by atoms with Gasteiger partial charge in [0, 0.05) is 6.07 Å². The Labute approximate surface area is 132 Å². The second-order valence-electron chi connectivity index (χ2n) is 3.80. The van der Waals surface area contributed by atoms with Gasteiger partial charge in [-0.3, -0.25) is 0 Å². The zero-order chi connectivity index (χ0) is 11.2. The molecule has 0 nitrogen and oxygen atoms in total. The summed E-state index contributed by atoms with van der Waals surface area (Å²) in [5, 5.41) is 0. The molecule has 0 amide bonds. The summed E-state index contributed by atoms with van der Waals surface area (Å²) in [5.74, 6) is -3.89. The van der Waals surface area contributed by atoms with E-state index in [4.69, 9.17) is 0 Å². The monoisotopic (exact) mass is 260 g/mol. The van der Waals surface area contributed by atoms with Crippen molar-refractivity contribution in [1.82, 2.24) is 0 Å². The quantitative estimate of drug-likeness (QED) is 0.541. The molecule has 0 aliphatic heterocycles. The molecule has 1 aromatic rings. The van der Waals surface area contributed by atoms with Crippen LogP contribution < -0.4 is 51.4 Å². The minimum absolute atomic E-state index is 0. The molecular formula is C9H7BF5K. The maximum absolute atomic E-state index is 13.1. The fourth-order valence-electron chi connectivity index (χ4n) is 1.79. The third kappa shape index (κ3) is 3.07. The molecule has 7 heteroatoms. The molecule has 1 aliphatic rings. The van der Waals surface area contributed by atoms with Crippen molar-refractivity contribution in [3.63, 3.8) is 0 Å². The van der Waals surface area contributed by atoms with Gasteiger partial charge in [0.2, 0.25) is 0 Å². The molecule has 1 aliphatic carbocycles. The van der Waals surface area contributed by atoms with Crippen LogP contribution in [0, 0.1) is 11.6 Å². The Bertz CT molecular complexity index is 392. The normalized spacial score (nSPS) is 23.8. The zero-order valence-corrected chi connectivity index (χ0v) is 11.7. The second-order valence-corrected chi connectivity index (χ2v) is 3.80. The van der Waals surface area contributed by atoms with Gasteiger partial charge in [-0.05, 0) is 17.5 Å². The van der Waals surface area contributed by atoms with Crippen molar-refractivity contribution in [2.75, 3.05) is 0 Å². The van der Waals surface area contributed by atoms with Crippen molar-refractivity contribution in [1.29, 1.82) is 0 Å². The number of rotatable bonds is 2. The van der Waals surface area contributed by atoms with Crippen LogP contribution in [0.2, 0.25) is 5.82 Å². The van der Waals surface area contributed by atoms with Gasteiger partial charge >= 0.3 is 58.4 Å². The van der Waals surface area contributed by atoms with Gasteiger partial charge in [-0.1, -0.05) is 18.3 Å². The van der Waals surface area contributed by atoms with Crippen LogP contribution in [0.25, 0.3) is 0 Å². The average Bonchev–Trinajstić information content (AvgIpc) is 2.82. The van der Waals surface area contributed by atoms with Crippen molar-refractivity contribution < 1.29 is 73.1 Å². The van der Waals surface area contributed by atoms with E-state index < -0.39 is 30.3 Å². The third-order valence-corrected chi connectivity index (χ3v) is 2.69. The first-order valence-corrected chi connectivity index (χ1v) is 4.54. The summed E-state index contributed by atoms with van der Waals surface area (Å²) in [6.45, 7) is -4.91. The van der Waals surface area contributed by atoms with Crippen molar-refractivity contribution in [3.8, 4) is 0 Å². The number of hydrogen-bond donors (Lipinski definition) is 0. The predicted molar refractivity (Wildman–Crippen MR) is 46.5 cm³/mol. The molecule has 0 spiro atoms. The number of benzene rings is 1. The molecular weight excluding hydrogens is 253 g/mol. The van der Waals surface area contributed by atoms with E-state index in [0.29, 0.717) is 6.07 Å². The van der Waals surface area contributed by atoms with E-state index in [1.54, 1.807) is 0 Å². The predicted octanol–water partition coefficient (Wildman–Crippen LogP) is 0.674. The van der Waals surface area contributed by atoms with E-state index in [2.05, 4.69) is 0 Å². The first kappa shape index (κ1) is 14.6. The Balaban J connectivity index is 0.00000128. The summed E-state index contributed by atoms with van der Waals surface area (Å²) in [5.41, 5.74) is -0.0272. The van der Waals surface area contributed by atoms with E-state index in [1.165, 1.54) is 0 Å². The van der Waals surface area contributed by atoms with Gasteiger partial charge in [0.05, 0.1) is 0 Å². The molecule has 1 saturated carbocycles. The molecule has 0 aromatic heterocycles. The molecule has 0 radical (unpaired) electrons. The van der Waals surface area contributed by atoms with Crippen molar-refractivity contribution in [2.45, 2.75) is 18.2 Å². The molecule has 1 aromatic carbocycles. The average molecular weight is 260 g/mol. The van der Waals surface area contributed by atoms with Crippen LogP contribution in [0.15, 0.2) is 18.2 Å². The number of hydrogen-bond acceptors (Lipinski definition) is 0. The third-order valence-electron chi connectivity index (χ3n) is 2.69. The van der Waals surface area contributed by atoms with Crippen molar-refractivity contribution in [3.05, 3.63) is 35.4 Å². The second kappa shape index (κ2) is 5.06. The maximum Gasteiger partial charge on any atom is 1.00 e. The largest absolute Gasteiger partial charge is 1.00 e. The summed E-state index contributed by atoms with van der Waals surface area (Å²) < 4.78 is 62.4. The zero-order valence-electron chi connectivity index (χ0n) is 8.56. The molecule has 16 heavy (non-hydrogen) atoms. The minimum atomic E-state index is -4.91. The van der Waals surface area contributed by atoms with Crippen molar-refractivity contribution in [2.24, 2.45) is 0 Å². The molecule has 1 fully saturated rings. The molecule has 2 atom stereocenters. The van der Waals surface area contributed by atoms with Crippen molar-refractivity contribution >= 4 is 6.98 Å². The van der Waals surface area contributed by atoms with Gasteiger partial charge < -0.3 is 12.9 Å². The van der Waals surface area contributed by atoms with Crippen LogP contribution in [0.5, 0.6) is 0 Å². The Morgan fingerprint density at radius 2 is 1.75 bits per heavy atom. The van der Waals surface area contributed by atoms with E-state index in [0.717, 1.165) is 12.1 Å². The van der Waals surface area contributed by atoms with E-state index in [-0.39, 0.29) is 63.4 Å². The number of halogens is 5.